The van der Waals surface area contributed by atoms with Crippen LogP contribution in [0.2, 0.25) is 0 Å². The number of rotatable bonds is 4. The van der Waals surface area contributed by atoms with Gasteiger partial charge in [-0.25, -0.2) is 4.79 Å². The molecule has 0 atom stereocenters. The van der Waals surface area contributed by atoms with E-state index in [4.69, 9.17) is 0 Å². The topological polar surface area (TPSA) is 49.4 Å². The minimum Gasteiger partial charge on any atom is -0.303 e. The number of nitrogens with zero attached hydrogens (tertiary/aromatic N) is 1. The summed E-state index contributed by atoms with van der Waals surface area (Å²) in [7, 11) is 0. The van der Waals surface area contributed by atoms with Crippen LogP contribution >= 0.6 is 0 Å². The lowest BCUT2D eigenvalue weighted by Crippen LogP contribution is -2.30. The molecule has 4 heteroatoms. The summed E-state index contributed by atoms with van der Waals surface area (Å²) >= 11 is 0. The number of hydrogen-bond donors (Lipinski definition) is 1. The fourth-order valence-electron chi connectivity index (χ4n) is 2.61. The Balaban J connectivity index is 1.77. The van der Waals surface area contributed by atoms with Gasteiger partial charge in [0.05, 0.1) is 6.54 Å². The number of aryl methyl sites for hydroxylation is 2. The largest absolute Gasteiger partial charge is 0.329 e. The van der Waals surface area contributed by atoms with Gasteiger partial charge in [-0.3, -0.25) is 9.69 Å². The van der Waals surface area contributed by atoms with Crippen molar-refractivity contribution < 1.29 is 9.59 Å². The molecule has 2 aromatic carbocycles. The number of amides is 3. The van der Waals surface area contributed by atoms with Crippen LogP contribution in [-0.4, -0.2) is 16.8 Å². The SMILES string of the molecule is CCc1ccc(/C=C2/NC(=O)N(Cc3ccc(C)cc3)C2=O)cc1. The normalized spacial score (nSPS) is 15.9. The quantitative estimate of drug-likeness (QED) is 0.690. The molecule has 0 bridgehead atoms. The van der Waals surface area contributed by atoms with Gasteiger partial charge in [-0.1, -0.05) is 61.0 Å². The third kappa shape index (κ3) is 3.38. The minimum absolute atomic E-state index is 0.275. The maximum absolute atomic E-state index is 12.5. The molecule has 0 aliphatic carbocycles. The van der Waals surface area contributed by atoms with Crippen LogP contribution in [0.3, 0.4) is 0 Å². The van der Waals surface area contributed by atoms with E-state index in [-0.39, 0.29) is 18.5 Å². The van der Waals surface area contributed by atoms with E-state index in [1.54, 1.807) is 6.08 Å². The number of urea groups is 1. The molecule has 0 saturated carbocycles. The number of imide groups is 1. The summed E-state index contributed by atoms with van der Waals surface area (Å²) in [5, 5.41) is 2.66. The first-order chi connectivity index (χ1) is 11.6. The van der Waals surface area contributed by atoms with Crippen molar-refractivity contribution in [2.45, 2.75) is 26.8 Å². The Morgan fingerprint density at radius 2 is 1.58 bits per heavy atom. The summed E-state index contributed by atoms with van der Waals surface area (Å²) in [6.07, 6.45) is 2.69. The van der Waals surface area contributed by atoms with Gasteiger partial charge in [0.1, 0.15) is 5.70 Å². The average molecular weight is 320 g/mol. The molecule has 1 fully saturated rings. The van der Waals surface area contributed by atoms with Gasteiger partial charge in [0.25, 0.3) is 5.91 Å². The molecule has 4 nitrogen and oxygen atoms in total. The number of benzene rings is 2. The van der Waals surface area contributed by atoms with E-state index in [9.17, 15) is 9.59 Å². The number of carbonyl (C=O) groups excluding carboxylic acids is 2. The summed E-state index contributed by atoms with van der Waals surface area (Å²) in [5.74, 6) is -0.292. The van der Waals surface area contributed by atoms with Crippen LogP contribution < -0.4 is 5.32 Å². The van der Waals surface area contributed by atoms with E-state index < -0.39 is 0 Å². The second-order valence-corrected chi connectivity index (χ2v) is 5.96. The number of carbonyl (C=O) groups is 2. The van der Waals surface area contributed by atoms with Gasteiger partial charge in [0.2, 0.25) is 0 Å². The monoisotopic (exact) mass is 320 g/mol. The molecule has 1 heterocycles. The zero-order valence-corrected chi connectivity index (χ0v) is 13.9. The lowest BCUT2D eigenvalue weighted by atomic mass is 10.1. The molecule has 3 amide bonds. The van der Waals surface area contributed by atoms with Crippen molar-refractivity contribution in [2.24, 2.45) is 0 Å². The Labute approximate surface area is 141 Å². The molecular formula is C20H20N2O2. The lowest BCUT2D eigenvalue weighted by molar-refractivity contribution is -0.123. The highest BCUT2D eigenvalue weighted by molar-refractivity contribution is 6.13. The Hall–Kier alpha value is -2.88. The number of hydrogen-bond acceptors (Lipinski definition) is 2. The highest BCUT2D eigenvalue weighted by atomic mass is 16.2. The van der Waals surface area contributed by atoms with Crippen LogP contribution in [0.15, 0.2) is 54.2 Å². The third-order valence-electron chi connectivity index (χ3n) is 4.12. The predicted octanol–water partition coefficient (Wildman–Crippen LogP) is 3.65. The predicted molar refractivity (Wildman–Crippen MR) is 94.1 cm³/mol. The molecule has 1 N–H and O–H groups in total. The van der Waals surface area contributed by atoms with Crippen LogP contribution in [0.4, 0.5) is 4.79 Å². The minimum atomic E-state index is -0.378. The first-order valence-electron chi connectivity index (χ1n) is 8.06. The van der Waals surface area contributed by atoms with Gasteiger partial charge >= 0.3 is 6.03 Å². The van der Waals surface area contributed by atoms with Gasteiger partial charge < -0.3 is 5.32 Å². The first-order valence-corrected chi connectivity index (χ1v) is 8.06. The molecule has 122 valence electrons. The van der Waals surface area contributed by atoms with Crippen molar-refractivity contribution in [3.05, 3.63) is 76.5 Å². The fourth-order valence-corrected chi connectivity index (χ4v) is 2.61. The van der Waals surface area contributed by atoms with Crippen molar-refractivity contribution in [3.8, 4) is 0 Å². The van der Waals surface area contributed by atoms with E-state index >= 15 is 0 Å². The Morgan fingerprint density at radius 1 is 0.958 bits per heavy atom. The van der Waals surface area contributed by atoms with Crippen molar-refractivity contribution in [2.75, 3.05) is 0 Å². The highest BCUT2D eigenvalue weighted by Crippen LogP contribution is 2.17. The van der Waals surface area contributed by atoms with Gasteiger partial charge in [0.15, 0.2) is 0 Å². The molecule has 2 aromatic rings. The van der Waals surface area contributed by atoms with Crippen molar-refractivity contribution in [1.82, 2.24) is 10.2 Å². The molecule has 0 unspecified atom stereocenters. The zero-order chi connectivity index (χ0) is 17.1. The van der Waals surface area contributed by atoms with Gasteiger partial charge in [-0.15, -0.1) is 0 Å². The summed E-state index contributed by atoms with van der Waals surface area (Å²) in [5.41, 5.74) is 4.52. The van der Waals surface area contributed by atoms with Crippen LogP contribution in [0, 0.1) is 6.92 Å². The average Bonchev–Trinajstić information content (AvgIpc) is 2.85. The van der Waals surface area contributed by atoms with E-state index in [2.05, 4.69) is 12.2 Å². The van der Waals surface area contributed by atoms with Gasteiger partial charge in [0, 0.05) is 0 Å². The molecule has 1 aliphatic heterocycles. The maximum atomic E-state index is 12.5. The summed E-state index contributed by atoms with van der Waals surface area (Å²) in [6, 6.07) is 15.4. The number of nitrogens with one attached hydrogen (secondary N) is 1. The fraction of sp³-hybridized carbons (Fsp3) is 0.200. The van der Waals surface area contributed by atoms with Crippen molar-refractivity contribution in [3.63, 3.8) is 0 Å². The van der Waals surface area contributed by atoms with Crippen molar-refractivity contribution >= 4 is 18.0 Å². The van der Waals surface area contributed by atoms with E-state index in [0.717, 1.165) is 23.1 Å². The molecule has 1 aliphatic rings. The molecule has 1 saturated heterocycles. The Kier molecular flexibility index (Phi) is 4.47. The van der Waals surface area contributed by atoms with Gasteiger partial charge in [-0.05, 0) is 36.1 Å². The summed E-state index contributed by atoms with van der Waals surface area (Å²) < 4.78 is 0. The smallest absolute Gasteiger partial charge is 0.303 e. The standard InChI is InChI=1S/C20H20N2O2/c1-3-15-8-10-16(11-9-15)12-18-19(23)22(20(24)21-18)13-17-6-4-14(2)5-7-17/h4-12H,3,13H2,1-2H3,(H,21,24)/b18-12+. The van der Waals surface area contributed by atoms with Crippen LogP contribution in [0.1, 0.15) is 29.2 Å². The molecular weight excluding hydrogens is 300 g/mol. The second kappa shape index (κ2) is 6.71. The van der Waals surface area contributed by atoms with Crippen LogP contribution in [0.25, 0.3) is 6.08 Å². The highest BCUT2D eigenvalue weighted by Gasteiger charge is 2.33. The zero-order valence-electron chi connectivity index (χ0n) is 13.9. The van der Waals surface area contributed by atoms with Crippen molar-refractivity contribution in [1.29, 1.82) is 0 Å². The Bertz CT molecular complexity index is 789. The maximum Gasteiger partial charge on any atom is 0.329 e. The molecule has 3 rings (SSSR count). The van der Waals surface area contributed by atoms with E-state index in [1.165, 1.54) is 10.5 Å². The first kappa shape index (κ1) is 16.0. The molecule has 0 radical (unpaired) electrons. The second-order valence-electron chi connectivity index (χ2n) is 5.96. The summed E-state index contributed by atoms with van der Waals surface area (Å²) in [6.45, 7) is 4.37. The molecule has 0 spiro atoms. The van der Waals surface area contributed by atoms with E-state index in [0.29, 0.717) is 5.70 Å². The van der Waals surface area contributed by atoms with Crippen LogP contribution in [0.5, 0.6) is 0 Å². The molecule has 24 heavy (non-hydrogen) atoms. The molecule has 0 aromatic heterocycles. The lowest BCUT2D eigenvalue weighted by Gasteiger charge is -2.11. The Morgan fingerprint density at radius 3 is 2.21 bits per heavy atom. The van der Waals surface area contributed by atoms with Crippen LogP contribution in [-0.2, 0) is 17.8 Å². The third-order valence-corrected chi connectivity index (χ3v) is 4.12. The summed E-state index contributed by atoms with van der Waals surface area (Å²) in [4.78, 5) is 25.8. The van der Waals surface area contributed by atoms with Gasteiger partial charge in [-0.2, -0.15) is 0 Å². The van der Waals surface area contributed by atoms with E-state index in [1.807, 2.05) is 55.5 Å².